The first-order chi connectivity index (χ1) is 14.1. The van der Waals surface area contributed by atoms with E-state index in [0.29, 0.717) is 12.0 Å². The molecule has 1 aromatic carbocycles. The minimum absolute atomic E-state index is 0.0784. The van der Waals surface area contributed by atoms with E-state index < -0.39 is 8.32 Å². The largest absolute Gasteiger partial charge is 0.459 e. The van der Waals surface area contributed by atoms with E-state index in [9.17, 15) is 4.79 Å². The number of rotatable bonds is 14. The zero-order valence-electron chi connectivity index (χ0n) is 20.0. The fourth-order valence-electron chi connectivity index (χ4n) is 2.91. The molecule has 0 unspecified atom stereocenters. The summed E-state index contributed by atoms with van der Waals surface area (Å²) in [5, 5.41) is 0.138. The predicted octanol–water partition coefficient (Wildman–Crippen LogP) is 6.19. The van der Waals surface area contributed by atoms with Crippen molar-refractivity contribution in [1.82, 2.24) is 0 Å². The maximum atomic E-state index is 12.3. The third kappa shape index (κ3) is 9.73. The molecule has 0 N–H and O–H groups in total. The zero-order chi connectivity index (χ0) is 22.6. The Morgan fingerprint density at radius 1 is 1.07 bits per heavy atom. The first kappa shape index (κ1) is 26.8. The second-order valence-corrected chi connectivity index (χ2v) is 14.1. The van der Waals surface area contributed by atoms with Crippen molar-refractivity contribution in [2.75, 3.05) is 20.5 Å². The normalized spacial score (nSPS) is 14.4. The van der Waals surface area contributed by atoms with Crippen molar-refractivity contribution in [3.8, 4) is 0 Å². The molecule has 0 bridgehead atoms. The first-order valence-electron chi connectivity index (χ1n) is 11.1. The van der Waals surface area contributed by atoms with E-state index >= 15 is 0 Å². The van der Waals surface area contributed by atoms with Crippen LogP contribution in [0.5, 0.6) is 0 Å². The minimum atomic E-state index is -1.92. The molecular weight excluding hydrogens is 396 g/mol. The number of ether oxygens (including phenoxy) is 3. The monoisotopic (exact) mass is 438 g/mol. The third-order valence-electron chi connectivity index (χ3n) is 5.75. The van der Waals surface area contributed by atoms with E-state index in [1.165, 1.54) is 12.8 Å². The highest BCUT2D eigenvalue weighted by atomic mass is 28.4. The van der Waals surface area contributed by atoms with E-state index in [1.54, 1.807) is 19.2 Å². The lowest BCUT2D eigenvalue weighted by Gasteiger charge is -2.40. The molecule has 6 heteroatoms. The average molecular weight is 439 g/mol. The van der Waals surface area contributed by atoms with Gasteiger partial charge in [-0.05, 0) is 36.7 Å². The molecule has 0 aromatic heterocycles. The van der Waals surface area contributed by atoms with E-state index in [-0.39, 0.29) is 36.6 Å². The third-order valence-corrected chi connectivity index (χ3v) is 10.3. The van der Waals surface area contributed by atoms with E-state index in [0.717, 1.165) is 12.8 Å². The highest BCUT2D eigenvalue weighted by molar-refractivity contribution is 6.74. The topological polar surface area (TPSA) is 54.0 Å². The number of hydrogen-bond acceptors (Lipinski definition) is 5. The Hall–Kier alpha value is -1.21. The molecule has 2 atom stereocenters. The van der Waals surface area contributed by atoms with Crippen LogP contribution in [0.3, 0.4) is 0 Å². The fourth-order valence-corrected chi connectivity index (χ4v) is 4.31. The lowest BCUT2D eigenvalue weighted by Crippen LogP contribution is -2.45. The Labute approximate surface area is 184 Å². The number of esters is 1. The van der Waals surface area contributed by atoms with Crippen molar-refractivity contribution in [3.05, 3.63) is 35.9 Å². The van der Waals surface area contributed by atoms with Crippen LogP contribution < -0.4 is 0 Å². The van der Waals surface area contributed by atoms with Gasteiger partial charge in [-0.2, -0.15) is 0 Å². The maximum absolute atomic E-state index is 12.3. The van der Waals surface area contributed by atoms with Crippen molar-refractivity contribution in [2.45, 2.75) is 90.1 Å². The van der Waals surface area contributed by atoms with Gasteiger partial charge in [-0.3, -0.25) is 0 Å². The second-order valence-electron chi connectivity index (χ2n) is 9.39. The van der Waals surface area contributed by atoms with Crippen molar-refractivity contribution in [1.29, 1.82) is 0 Å². The summed E-state index contributed by atoms with van der Waals surface area (Å²) < 4.78 is 23.2. The van der Waals surface area contributed by atoms with Gasteiger partial charge in [0.25, 0.3) is 0 Å². The van der Waals surface area contributed by atoms with Gasteiger partial charge in [0.05, 0.1) is 11.7 Å². The first-order valence-corrected chi connectivity index (χ1v) is 14.0. The van der Waals surface area contributed by atoms with E-state index in [4.69, 9.17) is 18.6 Å². The summed E-state index contributed by atoms with van der Waals surface area (Å²) in [6.07, 6.45) is 4.95. The van der Waals surface area contributed by atoms with Crippen LogP contribution in [0.15, 0.2) is 30.3 Å². The molecule has 0 saturated heterocycles. The van der Waals surface area contributed by atoms with Crippen LogP contribution in [0.4, 0.5) is 0 Å². The molecule has 0 radical (unpaired) electrons. The van der Waals surface area contributed by atoms with Gasteiger partial charge in [-0.1, -0.05) is 65.2 Å². The summed E-state index contributed by atoms with van der Waals surface area (Å²) in [5.41, 5.74) is 0.542. The number of carbonyl (C=O) groups is 1. The van der Waals surface area contributed by atoms with Gasteiger partial charge in [0, 0.05) is 19.6 Å². The molecule has 5 nitrogen and oxygen atoms in total. The van der Waals surface area contributed by atoms with Crippen LogP contribution in [0.25, 0.3) is 0 Å². The molecule has 1 rings (SSSR count). The molecule has 0 aliphatic carbocycles. The van der Waals surface area contributed by atoms with Crippen molar-refractivity contribution >= 4 is 14.3 Å². The van der Waals surface area contributed by atoms with Crippen LogP contribution in [0.1, 0.15) is 70.2 Å². The number of methoxy groups -OCH3 is 1. The van der Waals surface area contributed by atoms with Gasteiger partial charge in [-0.15, -0.1) is 0 Å². The maximum Gasteiger partial charge on any atom is 0.338 e. The lowest BCUT2D eigenvalue weighted by molar-refractivity contribution is -0.101. The van der Waals surface area contributed by atoms with Gasteiger partial charge < -0.3 is 18.6 Å². The zero-order valence-corrected chi connectivity index (χ0v) is 21.0. The highest BCUT2D eigenvalue weighted by Gasteiger charge is 2.39. The summed E-state index contributed by atoms with van der Waals surface area (Å²) in [4.78, 5) is 12.3. The van der Waals surface area contributed by atoms with Crippen LogP contribution in [-0.4, -0.2) is 47.0 Å². The molecule has 0 spiro atoms. The quantitative estimate of drug-likeness (QED) is 0.150. The number of carbonyl (C=O) groups excluding carboxylic acids is 1. The Bertz CT molecular complexity index is 597. The standard InChI is InChI=1S/C24H42O5Si/c1-8-9-11-16-21(29-30(6,7)24(2,3)4)17-22(28-19-26-5)18-27-23(25)20-14-12-10-13-15-20/h10,12-15,21-22H,8-9,11,16-19H2,1-7H3/t21-,22+/m1/s1. The number of unbranched alkanes of at least 4 members (excludes halogenated alkanes) is 2. The number of benzene rings is 1. The molecule has 0 fully saturated rings. The van der Waals surface area contributed by atoms with Gasteiger partial charge in [-0.25, -0.2) is 4.79 Å². The predicted molar refractivity (Wildman–Crippen MR) is 124 cm³/mol. The molecule has 172 valence electrons. The Morgan fingerprint density at radius 2 is 1.73 bits per heavy atom. The molecule has 1 aromatic rings. The molecular formula is C24H42O5Si. The molecule has 0 aliphatic heterocycles. The number of hydrogen-bond donors (Lipinski definition) is 0. The Balaban J connectivity index is 2.81. The molecule has 0 saturated carbocycles. The fraction of sp³-hybridized carbons (Fsp3) is 0.708. The van der Waals surface area contributed by atoms with Gasteiger partial charge in [0.2, 0.25) is 0 Å². The van der Waals surface area contributed by atoms with Gasteiger partial charge in [0.1, 0.15) is 13.4 Å². The molecule has 0 aliphatic rings. The average Bonchev–Trinajstić information content (AvgIpc) is 2.69. The highest BCUT2D eigenvalue weighted by Crippen LogP contribution is 2.38. The molecule has 30 heavy (non-hydrogen) atoms. The van der Waals surface area contributed by atoms with Gasteiger partial charge in [0.15, 0.2) is 8.32 Å². The van der Waals surface area contributed by atoms with Crippen molar-refractivity contribution in [3.63, 3.8) is 0 Å². The van der Waals surface area contributed by atoms with E-state index in [1.807, 2.05) is 18.2 Å². The summed E-state index contributed by atoms with van der Waals surface area (Å²) in [6, 6.07) is 9.03. The SMILES string of the molecule is CCCCC[C@H](C[C@@H](COC(=O)c1ccccc1)OCOC)O[Si](C)(C)C(C)(C)C. The van der Waals surface area contributed by atoms with Crippen molar-refractivity contribution in [2.24, 2.45) is 0 Å². The van der Waals surface area contributed by atoms with Crippen LogP contribution in [-0.2, 0) is 18.6 Å². The van der Waals surface area contributed by atoms with Gasteiger partial charge >= 0.3 is 5.97 Å². The van der Waals surface area contributed by atoms with E-state index in [2.05, 4.69) is 40.8 Å². The Kier molecular flexibility index (Phi) is 11.8. The minimum Gasteiger partial charge on any atom is -0.459 e. The Morgan fingerprint density at radius 3 is 2.30 bits per heavy atom. The summed E-state index contributed by atoms with van der Waals surface area (Å²) in [6.45, 7) is 13.9. The smallest absolute Gasteiger partial charge is 0.338 e. The molecule has 0 amide bonds. The lowest BCUT2D eigenvalue weighted by atomic mass is 10.1. The van der Waals surface area contributed by atoms with Crippen LogP contribution in [0, 0.1) is 0 Å². The summed E-state index contributed by atoms with van der Waals surface area (Å²) in [5.74, 6) is -0.338. The van der Waals surface area contributed by atoms with Crippen molar-refractivity contribution < 1.29 is 23.4 Å². The van der Waals surface area contributed by atoms with Crippen LogP contribution >= 0.6 is 0 Å². The molecule has 0 heterocycles. The van der Waals surface area contributed by atoms with Crippen LogP contribution in [0.2, 0.25) is 18.1 Å². The second kappa shape index (κ2) is 13.3. The summed E-state index contributed by atoms with van der Waals surface area (Å²) in [7, 11) is -0.323. The summed E-state index contributed by atoms with van der Waals surface area (Å²) >= 11 is 0.